The van der Waals surface area contributed by atoms with Gasteiger partial charge in [-0.2, -0.15) is 23.5 Å². The van der Waals surface area contributed by atoms with Crippen LogP contribution in [0.1, 0.15) is 34.3 Å². The lowest BCUT2D eigenvalue weighted by Gasteiger charge is -2.35. The molecule has 4 aromatic heterocycles. The average molecular weight is 549 g/mol. The molecule has 0 saturated carbocycles. The van der Waals surface area contributed by atoms with Crippen molar-refractivity contribution >= 4 is 23.2 Å². The van der Waals surface area contributed by atoms with Gasteiger partial charge in [0.25, 0.3) is 5.91 Å². The molecule has 0 radical (unpaired) electrons. The minimum absolute atomic E-state index is 0.0719. The Kier molecular flexibility index (Phi) is 6.17. The standard InChI is InChI=1S/C25H21F2N9O4/c1-13-3-4-14(21-30-23(40-32-21)16-9-34(10-16)25(38)39-2)7-18(13)29-22(37)17-8-28-35-11-15(5-6-20(17)35)19-12-36(24(26)27)33-31-19/h3-8,11-12,16,24H,9-10H2,1-2H3,(H,29,37). The van der Waals surface area contributed by atoms with E-state index >= 15 is 0 Å². The van der Waals surface area contributed by atoms with Crippen molar-refractivity contribution in [1.29, 1.82) is 0 Å². The molecule has 1 fully saturated rings. The molecule has 13 nitrogen and oxygen atoms in total. The quantitative estimate of drug-likeness (QED) is 0.334. The summed E-state index contributed by atoms with van der Waals surface area (Å²) in [6.07, 6.45) is 3.73. The number of methoxy groups -OCH3 is 1. The second-order valence-corrected chi connectivity index (χ2v) is 9.18. The molecule has 6 rings (SSSR count). The number of carbonyl (C=O) groups is 2. The molecule has 204 valence electrons. The number of halogens is 2. The minimum Gasteiger partial charge on any atom is -0.453 e. The highest BCUT2D eigenvalue weighted by atomic mass is 19.3. The van der Waals surface area contributed by atoms with E-state index in [1.165, 1.54) is 22.7 Å². The number of ether oxygens (including phenoxy) is 1. The molecule has 2 amide bonds. The Morgan fingerprint density at radius 1 is 1.15 bits per heavy atom. The molecule has 5 heterocycles. The fourth-order valence-corrected chi connectivity index (χ4v) is 4.33. The number of fused-ring (bicyclic) bond motifs is 1. The van der Waals surface area contributed by atoms with Crippen molar-refractivity contribution in [3.05, 3.63) is 65.9 Å². The highest BCUT2D eigenvalue weighted by molar-refractivity contribution is 6.09. The van der Waals surface area contributed by atoms with Gasteiger partial charge in [-0.3, -0.25) is 4.79 Å². The van der Waals surface area contributed by atoms with E-state index in [1.807, 2.05) is 19.1 Å². The number of aromatic nitrogens is 7. The first kappa shape index (κ1) is 25.1. The second kappa shape index (κ2) is 9.83. The zero-order chi connectivity index (χ0) is 28.0. The molecule has 1 aromatic carbocycles. The molecule has 1 aliphatic rings. The number of amides is 2. The number of nitrogens with zero attached hydrogens (tertiary/aromatic N) is 8. The SMILES string of the molecule is COC(=O)N1CC(c2nc(-c3ccc(C)c(NC(=O)c4cnn5cc(-c6cn(C(F)F)nn6)ccc45)c3)no2)C1. The molecule has 1 aliphatic heterocycles. The molecular weight excluding hydrogens is 528 g/mol. The Morgan fingerprint density at radius 3 is 2.70 bits per heavy atom. The first-order valence-corrected chi connectivity index (χ1v) is 12.1. The van der Waals surface area contributed by atoms with Crippen molar-refractivity contribution in [3.8, 4) is 22.6 Å². The van der Waals surface area contributed by atoms with Crippen LogP contribution in [0.2, 0.25) is 0 Å². The van der Waals surface area contributed by atoms with Gasteiger partial charge >= 0.3 is 12.6 Å². The Labute approximate surface area is 224 Å². The predicted molar refractivity (Wildman–Crippen MR) is 135 cm³/mol. The Bertz CT molecular complexity index is 1740. The number of carbonyl (C=O) groups excluding carboxylic acids is 2. The van der Waals surface area contributed by atoms with Crippen LogP contribution in [0.25, 0.3) is 28.2 Å². The van der Waals surface area contributed by atoms with E-state index in [9.17, 15) is 18.4 Å². The second-order valence-electron chi connectivity index (χ2n) is 9.18. The van der Waals surface area contributed by atoms with Gasteiger partial charge in [-0.1, -0.05) is 22.5 Å². The Morgan fingerprint density at radius 2 is 1.95 bits per heavy atom. The fraction of sp³-hybridized carbons (Fsp3) is 0.240. The maximum Gasteiger partial charge on any atom is 0.409 e. The van der Waals surface area contributed by atoms with Gasteiger partial charge in [0.15, 0.2) is 0 Å². The molecule has 1 N–H and O–H groups in total. The molecule has 0 unspecified atom stereocenters. The smallest absolute Gasteiger partial charge is 0.409 e. The summed E-state index contributed by atoms with van der Waals surface area (Å²) in [5.41, 5.74) is 3.59. The normalized spacial score (nSPS) is 13.6. The van der Waals surface area contributed by atoms with Gasteiger partial charge in [0.05, 0.1) is 36.5 Å². The van der Waals surface area contributed by atoms with Crippen LogP contribution in [0.15, 0.2) is 53.4 Å². The zero-order valence-corrected chi connectivity index (χ0v) is 21.2. The third-order valence-corrected chi connectivity index (χ3v) is 6.62. The summed E-state index contributed by atoms with van der Waals surface area (Å²) in [6.45, 7) is -0.0805. The van der Waals surface area contributed by atoms with Gasteiger partial charge in [0.1, 0.15) is 5.69 Å². The minimum atomic E-state index is -2.80. The number of benzene rings is 1. The van der Waals surface area contributed by atoms with E-state index in [0.29, 0.717) is 57.4 Å². The summed E-state index contributed by atoms with van der Waals surface area (Å²) in [7, 11) is 1.33. The summed E-state index contributed by atoms with van der Waals surface area (Å²) in [5, 5.41) is 18.4. The molecular formula is C25H21F2N9O4. The van der Waals surface area contributed by atoms with E-state index in [-0.39, 0.29) is 11.6 Å². The van der Waals surface area contributed by atoms with Crippen LogP contribution in [0.4, 0.5) is 19.3 Å². The maximum atomic E-state index is 13.2. The van der Waals surface area contributed by atoms with Crippen molar-refractivity contribution in [1.82, 2.24) is 39.6 Å². The van der Waals surface area contributed by atoms with Crippen molar-refractivity contribution in [2.75, 3.05) is 25.5 Å². The summed E-state index contributed by atoms with van der Waals surface area (Å²) >= 11 is 0. The van der Waals surface area contributed by atoms with E-state index in [2.05, 4.69) is 30.9 Å². The van der Waals surface area contributed by atoms with Crippen LogP contribution in [-0.2, 0) is 4.74 Å². The molecule has 0 atom stereocenters. The van der Waals surface area contributed by atoms with Crippen LogP contribution >= 0.6 is 0 Å². The topological polar surface area (TPSA) is 146 Å². The highest BCUT2D eigenvalue weighted by Gasteiger charge is 2.36. The van der Waals surface area contributed by atoms with Crippen molar-refractivity contribution in [3.63, 3.8) is 0 Å². The lowest BCUT2D eigenvalue weighted by Crippen LogP contribution is -2.48. The van der Waals surface area contributed by atoms with E-state index in [1.54, 1.807) is 24.4 Å². The van der Waals surface area contributed by atoms with Gasteiger partial charge in [-0.05, 0) is 30.7 Å². The highest BCUT2D eigenvalue weighted by Crippen LogP contribution is 2.30. The number of aryl methyl sites for hydroxylation is 1. The molecule has 0 aliphatic carbocycles. The number of rotatable bonds is 6. The molecule has 0 bridgehead atoms. The largest absolute Gasteiger partial charge is 0.453 e. The van der Waals surface area contributed by atoms with Crippen molar-refractivity contribution < 1.29 is 27.6 Å². The number of hydrogen-bond acceptors (Lipinski definition) is 9. The number of likely N-dealkylation sites (tertiary alicyclic amines) is 1. The summed E-state index contributed by atoms with van der Waals surface area (Å²) in [4.78, 5) is 30.8. The van der Waals surface area contributed by atoms with Gasteiger partial charge < -0.3 is 19.5 Å². The Balaban J connectivity index is 1.19. The van der Waals surface area contributed by atoms with E-state index in [4.69, 9.17) is 9.26 Å². The molecule has 0 spiro atoms. The summed E-state index contributed by atoms with van der Waals surface area (Å²) in [6, 6.07) is 8.71. The average Bonchev–Trinajstić information content (AvgIpc) is 3.68. The van der Waals surface area contributed by atoms with E-state index < -0.39 is 18.5 Å². The first-order valence-electron chi connectivity index (χ1n) is 12.1. The van der Waals surface area contributed by atoms with E-state index in [0.717, 1.165) is 11.8 Å². The van der Waals surface area contributed by atoms with Gasteiger partial charge in [-0.25, -0.2) is 9.31 Å². The Hall–Kier alpha value is -5.21. The maximum absolute atomic E-state index is 13.2. The fourth-order valence-electron chi connectivity index (χ4n) is 4.33. The zero-order valence-electron chi connectivity index (χ0n) is 21.2. The number of anilines is 1. The van der Waals surface area contributed by atoms with Gasteiger partial charge in [-0.15, -0.1) is 5.10 Å². The van der Waals surface area contributed by atoms with Crippen LogP contribution < -0.4 is 5.32 Å². The van der Waals surface area contributed by atoms with Crippen LogP contribution in [0, 0.1) is 6.92 Å². The first-order chi connectivity index (χ1) is 19.3. The summed E-state index contributed by atoms with van der Waals surface area (Å²) in [5.74, 6) is 0.313. The molecule has 1 saturated heterocycles. The van der Waals surface area contributed by atoms with Crippen molar-refractivity contribution in [2.45, 2.75) is 19.4 Å². The van der Waals surface area contributed by atoms with Gasteiger partial charge in [0, 0.05) is 36.1 Å². The van der Waals surface area contributed by atoms with Crippen LogP contribution in [0.5, 0.6) is 0 Å². The number of hydrogen-bond donors (Lipinski definition) is 1. The van der Waals surface area contributed by atoms with Crippen LogP contribution in [0.3, 0.4) is 0 Å². The molecule has 40 heavy (non-hydrogen) atoms. The predicted octanol–water partition coefficient (Wildman–Crippen LogP) is 3.76. The lowest BCUT2D eigenvalue weighted by molar-refractivity contribution is 0.0546. The van der Waals surface area contributed by atoms with Crippen molar-refractivity contribution in [2.24, 2.45) is 0 Å². The van der Waals surface area contributed by atoms with Gasteiger partial charge in [0.2, 0.25) is 11.7 Å². The number of pyridine rings is 1. The third-order valence-electron chi connectivity index (χ3n) is 6.62. The number of nitrogens with one attached hydrogen (secondary N) is 1. The monoisotopic (exact) mass is 549 g/mol. The third kappa shape index (κ3) is 4.50. The lowest BCUT2D eigenvalue weighted by atomic mass is 10.0. The number of alkyl halides is 2. The summed E-state index contributed by atoms with van der Waals surface area (Å²) < 4.78 is 37.7. The molecule has 15 heteroatoms. The van der Waals surface area contributed by atoms with Crippen LogP contribution in [-0.4, -0.2) is 71.8 Å². The molecule has 5 aromatic rings.